The summed E-state index contributed by atoms with van der Waals surface area (Å²) < 4.78 is 50.3. The predicted octanol–water partition coefficient (Wildman–Crippen LogP) is 3.64. The van der Waals surface area contributed by atoms with Gasteiger partial charge in [-0.3, -0.25) is 4.79 Å². The Hall–Kier alpha value is -3.34. The van der Waals surface area contributed by atoms with Crippen molar-refractivity contribution >= 4 is 16.9 Å². The van der Waals surface area contributed by atoms with Gasteiger partial charge < -0.3 is 25.1 Å². The van der Waals surface area contributed by atoms with E-state index in [-0.39, 0.29) is 23.3 Å². The average Bonchev–Trinajstić information content (AvgIpc) is 3.55. The maximum atomic E-state index is 14.6. The number of aromatic nitrogens is 3. The number of hydrogen-bond donors (Lipinski definition) is 3. The molecule has 1 amide bonds. The predicted molar refractivity (Wildman–Crippen MR) is 117 cm³/mol. The molecule has 2 aromatic heterocycles. The Balaban J connectivity index is 1.50. The third kappa shape index (κ3) is 4.79. The largest absolute Gasteiger partial charge is 0.492 e. The number of piperidine rings is 1. The summed E-state index contributed by atoms with van der Waals surface area (Å²) >= 11 is 0. The van der Waals surface area contributed by atoms with Gasteiger partial charge >= 0.3 is 6.61 Å². The third-order valence-corrected chi connectivity index (χ3v) is 6.06. The molecule has 3 heterocycles. The van der Waals surface area contributed by atoms with Crippen molar-refractivity contribution < 1.29 is 27.4 Å². The fraction of sp³-hybridized carbons (Fsp3) is 0.435. The third-order valence-electron chi connectivity index (χ3n) is 6.06. The molecule has 8 nitrogen and oxygen atoms in total. The quantitative estimate of drug-likeness (QED) is 0.460. The number of carbonyl (C=O) groups excluding carboxylic acids is 1. The van der Waals surface area contributed by atoms with Crippen molar-refractivity contribution in [3.05, 3.63) is 36.0 Å². The highest BCUT2D eigenvalue weighted by molar-refractivity contribution is 6.08. The van der Waals surface area contributed by atoms with Gasteiger partial charge in [-0.05, 0) is 50.8 Å². The van der Waals surface area contributed by atoms with E-state index in [1.807, 2.05) is 0 Å². The minimum Gasteiger partial charge on any atom is -0.492 e. The first kappa shape index (κ1) is 22.5. The zero-order valence-corrected chi connectivity index (χ0v) is 18.2. The van der Waals surface area contributed by atoms with E-state index in [9.17, 15) is 18.0 Å². The molecule has 1 aromatic carbocycles. The maximum Gasteiger partial charge on any atom is 0.387 e. The number of fused-ring (bicyclic) bond motifs is 1. The van der Waals surface area contributed by atoms with Crippen LogP contribution in [0.25, 0.3) is 22.3 Å². The van der Waals surface area contributed by atoms with Gasteiger partial charge in [0, 0.05) is 23.9 Å². The Labute approximate surface area is 193 Å². The lowest BCUT2D eigenvalue weighted by Crippen LogP contribution is -2.42. The normalized spacial score (nSPS) is 16.7. The topological polar surface area (TPSA) is 101 Å². The fourth-order valence-corrected chi connectivity index (χ4v) is 4.06. The van der Waals surface area contributed by atoms with Crippen molar-refractivity contribution in [2.45, 2.75) is 38.3 Å². The number of nitrogens with one attached hydrogen (secondary N) is 3. The molecular formula is C23H24F3N5O3. The van der Waals surface area contributed by atoms with Gasteiger partial charge in [0.25, 0.3) is 5.91 Å². The number of halogens is 3. The van der Waals surface area contributed by atoms with Crippen LogP contribution in [0.5, 0.6) is 11.5 Å². The van der Waals surface area contributed by atoms with Gasteiger partial charge in [0.2, 0.25) is 0 Å². The summed E-state index contributed by atoms with van der Waals surface area (Å²) in [5.41, 5.74) is 1.67. The van der Waals surface area contributed by atoms with E-state index in [4.69, 9.17) is 4.74 Å². The van der Waals surface area contributed by atoms with E-state index in [0.29, 0.717) is 34.8 Å². The summed E-state index contributed by atoms with van der Waals surface area (Å²) in [5, 5.41) is 6.28. The van der Waals surface area contributed by atoms with Crippen LogP contribution in [0.1, 0.15) is 36.0 Å². The number of rotatable bonds is 8. The Kier molecular flexibility index (Phi) is 6.27. The van der Waals surface area contributed by atoms with Crippen LogP contribution >= 0.6 is 0 Å². The zero-order chi connectivity index (χ0) is 23.7. The van der Waals surface area contributed by atoms with Gasteiger partial charge in [0.15, 0.2) is 11.6 Å². The summed E-state index contributed by atoms with van der Waals surface area (Å²) in [7, 11) is 0. The molecular weight excluding hydrogens is 451 g/mol. The van der Waals surface area contributed by atoms with Crippen LogP contribution in [0, 0.1) is 11.7 Å². The smallest absolute Gasteiger partial charge is 0.387 e. The molecule has 1 saturated heterocycles. The zero-order valence-electron chi connectivity index (χ0n) is 18.2. The first-order chi connectivity index (χ1) is 16.5. The number of H-pyrrole nitrogens is 1. The minimum atomic E-state index is -3.17. The van der Waals surface area contributed by atoms with Crippen LogP contribution in [0.2, 0.25) is 0 Å². The van der Waals surface area contributed by atoms with Gasteiger partial charge in [0.05, 0.1) is 17.7 Å². The number of amides is 1. The second-order valence-corrected chi connectivity index (χ2v) is 8.56. The monoisotopic (exact) mass is 475 g/mol. The number of alkyl halides is 2. The molecule has 0 bridgehead atoms. The second-order valence-electron chi connectivity index (χ2n) is 8.56. The van der Waals surface area contributed by atoms with E-state index in [2.05, 4.69) is 30.3 Å². The van der Waals surface area contributed by atoms with E-state index in [1.165, 1.54) is 12.5 Å². The fourth-order valence-electron chi connectivity index (χ4n) is 4.06. The summed E-state index contributed by atoms with van der Waals surface area (Å²) in [6.07, 6.45) is 6.51. The van der Waals surface area contributed by atoms with Crippen molar-refractivity contribution in [2.75, 3.05) is 19.7 Å². The molecule has 2 aliphatic rings. The SMILES string of the molecule is O=C(NC1CCNCC1)c1c[nH]c2c(-c3cc(F)c(OC(F)F)cc3OCC3CC3)ncnc12. The summed E-state index contributed by atoms with van der Waals surface area (Å²) in [4.78, 5) is 24.5. The van der Waals surface area contributed by atoms with Crippen LogP contribution in [0.3, 0.4) is 0 Å². The molecule has 0 atom stereocenters. The highest BCUT2D eigenvalue weighted by Crippen LogP contribution is 2.39. The molecule has 11 heteroatoms. The molecule has 5 rings (SSSR count). The van der Waals surface area contributed by atoms with E-state index < -0.39 is 18.2 Å². The van der Waals surface area contributed by atoms with Crippen LogP contribution < -0.4 is 20.1 Å². The van der Waals surface area contributed by atoms with E-state index in [0.717, 1.165) is 50.9 Å². The van der Waals surface area contributed by atoms with Gasteiger partial charge in [-0.2, -0.15) is 8.78 Å². The van der Waals surface area contributed by atoms with Crippen LogP contribution in [-0.4, -0.2) is 53.2 Å². The molecule has 3 N–H and O–H groups in total. The Morgan fingerprint density at radius 2 is 1.94 bits per heavy atom. The molecule has 0 spiro atoms. The minimum absolute atomic E-state index is 0.0684. The number of benzene rings is 1. The summed E-state index contributed by atoms with van der Waals surface area (Å²) in [6.45, 7) is -1.13. The lowest BCUT2D eigenvalue weighted by molar-refractivity contribution is -0.0522. The second kappa shape index (κ2) is 9.49. The molecule has 2 fully saturated rings. The number of aromatic amines is 1. The van der Waals surface area contributed by atoms with Crippen molar-refractivity contribution in [2.24, 2.45) is 5.92 Å². The standard InChI is InChI=1S/C23H24F3N5O3/c24-16-7-14(17(33-10-12-1-2-12)8-18(16)34-23(25)26)19-21-20(30-11-29-19)15(9-28-21)22(32)31-13-3-5-27-6-4-13/h7-9,11-13,23,27-28H,1-6,10H2,(H,31,32). The van der Waals surface area contributed by atoms with E-state index in [1.54, 1.807) is 0 Å². The Morgan fingerprint density at radius 3 is 2.68 bits per heavy atom. The highest BCUT2D eigenvalue weighted by Gasteiger charge is 2.26. The lowest BCUT2D eigenvalue weighted by atomic mass is 10.1. The van der Waals surface area contributed by atoms with Crippen LogP contribution in [0.4, 0.5) is 13.2 Å². The van der Waals surface area contributed by atoms with Gasteiger partial charge in [-0.15, -0.1) is 0 Å². The Bertz CT molecular complexity index is 1190. The number of hydrogen-bond acceptors (Lipinski definition) is 6. The van der Waals surface area contributed by atoms with E-state index >= 15 is 0 Å². The van der Waals surface area contributed by atoms with Crippen molar-refractivity contribution in [1.29, 1.82) is 0 Å². The van der Waals surface area contributed by atoms with Crippen molar-refractivity contribution in [3.8, 4) is 22.8 Å². The first-order valence-electron chi connectivity index (χ1n) is 11.2. The number of ether oxygens (including phenoxy) is 2. The molecule has 0 unspecified atom stereocenters. The first-order valence-corrected chi connectivity index (χ1v) is 11.2. The summed E-state index contributed by atoms with van der Waals surface area (Å²) in [6, 6.07) is 2.23. The molecule has 1 aliphatic heterocycles. The molecule has 0 radical (unpaired) electrons. The summed E-state index contributed by atoms with van der Waals surface area (Å²) in [5.74, 6) is -1.31. The maximum absolute atomic E-state index is 14.6. The highest BCUT2D eigenvalue weighted by atomic mass is 19.3. The number of carbonyl (C=O) groups is 1. The van der Waals surface area contributed by atoms with Gasteiger partial charge in [-0.25, -0.2) is 14.4 Å². The molecule has 3 aromatic rings. The van der Waals surface area contributed by atoms with Crippen LogP contribution in [0.15, 0.2) is 24.7 Å². The molecule has 1 aliphatic carbocycles. The van der Waals surface area contributed by atoms with Gasteiger partial charge in [0.1, 0.15) is 23.3 Å². The van der Waals surface area contributed by atoms with Crippen molar-refractivity contribution in [1.82, 2.24) is 25.6 Å². The Morgan fingerprint density at radius 1 is 1.15 bits per heavy atom. The number of nitrogens with zero attached hydrogens (tertiary/aromatic N) is 2. The lowest BCUT2D eigenvalue weighted by Gasteiger charge is -2.23. The molecule has 180 valence electrons. The molecule has 34 heavy (non-hydrogen) atoms. The van der Waals surface area contributed by atoms with Crippen LogP contribution in [-0.2, 0) is 0 Å². The average molecular weight is 475 g/mol. The molecule has 1 saturated carbocycles. The van der Waals surface area contributed by atoms with Gasteiger partial charge in [-0.1, -0.05) is 0 Å². The van der Waals surface area contributed by atoms with Crippen molar-refractivity contribution in [3.63, 3.8) is 0 Å².